The third-order valence-corrected chi connectivity index (χ3v) is 3.00. The first kappa shape index (κ1) is 8.85. The van der Waals surface area contributed by atoms with Crippen molar-refractivity contribution >= 4 is 5.96 Å². The first-order valence-corrected chi connectivity index (χ1v) is 5.41. The van der Waals surface area contributed by atoms with Gasteiger partial charge in [-0.15, -0.1) is 0 Å². The molecule has 1 saturated heterocycles. The molecular weight excluding hydrogens is 162 g/mol. The monoisotopic (exact) mass is 181 g/mol. The molecule has 1 aliphatic carbocycles. The molecule has 13 heavy (non-hydrogen) atoms. The molecule has 74 valence electrons. The lowest BCUT2D eigenvalue weighted by Gasteiger charge is -2.24. The maximum atomic E-state index is 5.96. The van der Waals surface area contributed by atoms with Crippen LogP contribution in [0.15, 0.2) is 4.99 Å². The largest absolute Gasteiger partial charge is 0.370 e. The maximum Gasteiger partial charge on any atom is 0.191 e. The van der Waals surface area contributed by atoms with Crippen LogP contribution >= 0.6 is 0 Å². The summed E-state index contributed by atoms with van der Waals surface area (Å²) in [6.45, 7) is 3.34. The predicted molar refractivity (Wildman–Crippen MR) is 54.7 cm³/mol. The molecule has 0 aromatic carbocycles. The summed E-state index contributed by atoms with van der Waals surface area (Å²) in [6.07, 6.45) is 6.24. The van der Waals surface area contributed by atoms with Crippen molar-refractivity contribution in [1.82, 2.24) is 4.90 Å². The molecule has 1 heterocycles. The average Bonchev–Trinajstić information content (AvgIpc) is 2.82. The number of guanidine groups is 1. The standard InChI is InChI=1S/C10H19N3/c1-2-9-4-3-7-13(9)10(11)12-8-5-6-8/h8-9H,2-7H2,1H3,(H2,11,12). The van der Waals surface area contributed by atoms with Crippen LogP contribution in [0.3, 0.4) is 0 Å². The Bertz CT molecular complexity index is 208. The van der Waals surface area contributed by atoms with Crippen LogP contribution in [-0.4, -0.2) is 29.5 Å². The molecule has 0 aromatic heterocycles. The van der Waals surface area contributed by atoms with Crippen molar-refractivity contribution < 1.29 is 0 Å². The second-order valence-electron chi connectivity index (χ2n) is 4.12. The summed E-state index contributed by atoms with van der Waals surface area (Å²) in [7, 11) is 0. The Morgan fingerprint density at radius 3 is 2.85 bits per heavy atom. The fourth-order valence-electron chi connectivity index (χ4n) is 2.03. The molecule has 0 bridgehead atoms. The van der Waals surface area contributed by atoms with E-state index in [1.54, 1.807) is 0 Å². The van der Waals surface area contributed by atoms with E-state index in [9.17, 15) is 0 Å². The van der Waals surface area contributed by atoms with Crippen molar-refractivity contribution in [3.05, 3.63) is 0 Å². The summed E-state index contributed by atoms with van der Waals surface area (Å²) >= 11 is 0. The third-order valence-electron chi connectivity index (χ3n) is 3.00. The lowest BCUT2D eigenvalue weighted by Crippen LogP contribution is -2.40. The van der Waals surface area contributed by atoms with E-state index in [0.717, 1.165) is 12.5 Å². The van der Waals surface area contributed by atoms with Crippen LogP contribution in [-0.2, 0) is 0 Å². The van der Waals surface area contributed by atoms with Gasteiger partial charge in [0, 0.05) is 12.6 Å². The summed E-state index contributed by atoms with van der Waals surface area (Å²) in [5.41, 5.74) is 5.96. The van der Waals surface area contributed by atoms with Crippen LogP contribution in [0.2, 0.25) is 0 Å². The van der Waals surface area contributed by atoms with Crippen molar-refractivity contribution in [3.63, 3.8) is 0 Å². The van der Waals surface area contributed by atoms with Crippen LogP contribution in [0.5, 0.6) is 0 Å². The molecule has 1 saturated carbocycles. The van der Waals surface area contributed by atoms with Gasteiger partial charge < -0.3 is 10.6 Å². The van der Waals surface area contributed by atoms with Gasteiger partial charge in [0.25, 0.3) is 0 Å². The van der Waals surface area contributed by atoms with Gasteiger partial charge in [-0.3, -0.25) is 0 Å². The van der Waals surface area contributed by atoms with E-state index < -0.39 is 0 Å². The van der Waals surface area contributed by atoms with E-state index in [-0.39, 0.29) is 0 Å². The molecule has 2 rings (SSSR count). The minimum absolute atomic E-state index is 0.554. The zero-order chi connectivity index (χ0) is 9.26. The van der Waals surface area contributed by atoms with E-state index >= 15 is 0 Å². The van der Waals surface area contributed by atoms with E-state index in [0.29, 0.717) is 12.1 Å². The Balaban J connectivity index is 1.97. The van der Waals surface area contributed by atoms with Gasteiger partial charge in [-0.1, -0.05) is 6.92 Å². The SMILES string of the molecule is CCC1CCCN1C(N)=NC1CC1. The van der Waals surface area contributed by atoms with Gasteiger partial charge in [0.1, 0.15) is 0 Å². The molecule has 0 amide bonds. The average molecular weight is 181 g/mol. The molecule has 2 N–H and O–H groups in total. The number of nitrogens with two attached hydrogens (primary N) is 1. The molecule has 1 unspecified atom stereocenters. The maximum absolute atomic E-state index is 5.96. The quantitative estimate of drug-likeness (QED) is 0.516. The second-order valence-corrected chi connectivity index (χ2v) is 4.12. The topological polar surface area (TPSA) is 41.6 Å². The Kier molecular flexibility index (Phi) is 2.42. The van der Waals surface area contributed by atoms with Crippen LogP contribution in [0.4, 0.5) is 0 Å². The molecule has 3 nitrogen and oxygen atoms in total. The summed E-state index contributed by atoms with van der Waals surface area (Å²) in [4.78, 5) is 6.78. The Hall–Kier alpha value is -0.730. The Morgan fingerprint density at radius 1 is 1.46 bits per heavy atom. The zero-order valence-corrected chi connectivity index (χ0v) is 8.37. The number of likely N-dealkylation sites (tertiary alicyclic amines) is 1. The van der Waals surface area contributed by atoms with Gasteiger partial charge in [0.05, 0.1) is 6.04 Å². The zero-order valence-electron chi connectivity index (χ0n) is 8.37. The summed E-state index contributed by atoms with van der Waals surface area (Å²) < 4.78 is 0. The third kappa shape index (κ3) is 1.95. The van der Waals surface area contributed by atoms with Crippen molar-refractivity contribution in [2.45, 2.75) is 51.1 Å². The smallest absolute Gasteiger partial charge is 0.191 e. The summed E-state index contributed by atoms with van der Waals surface area (Å²) in [6, 6.07) is 1.21. The van der Waals surface area contributed by atoms with Gasteiger partial charge >= 0.3 is 0 Å². The summed E-state index contributed by atoms with van der Waals surface area (Å²) in [5, 5.41) is 0. The van der Waals surface area contributed by atoms with E-state index in [2.05, 4.69) is 16.8 Å². The fraction of sp³-hybridized carbons (Fsp3) is 0.900. The normalized spacial score (nSPS) is 29.8. The molecule has 2 fully saturated rings. The first-order valence-electron chi connectivity index (χ1n) is 5.41. The van der Waals surface area contributed by atoms with E-state index in [4.69, 9.17) is 5.73 Å². The molecule has 0 radical (unpaired) electrons. The van der Waals surface area contributed by atoms with Crippen molar-refractivity contribution in [3.8, 4) is 0 Å². The van der Waals surface area contributed by atoms with E-state index in [1.807, 2.05) is 0 Å². The molecular formula is C10H19N3. The molecule has 3 heteroatoms. The number of hydrogen-bond donors (Lipinski definition) is 1. The van der Waals surface area contributed by atoms with Gasteiger partial charge in [0.2, 0.25) is 0 Å². The lowest BCUT2D eigenvalue weighted by atomic mass is 10.2. The summed E-state index contributed by atoms with van der Waals surface area (Å²) in [5.74, 6) is 0.798. The highest BCUT2D eigenvalue weighted by Gasteiger charge is 2.27. The number of nitrogens with zero attached hydrogens (tertiary/aromatic N) is 2. The molecule has 0 aromatic rings. The van der Waals surface area contributed by atoms with Crippen molar-refractivity contribution in [2.75, 3.05) is 6.54 Å². The Labute approximate surface area is 80.0 Å². The van der Waals surface area contributed by atoms with E-state index in [1.165, 1.54) is 32.1 Å². The molecule has 1 atom stereocenters. The molecule has 0 spiro atoms. The number of aliphatic imine (C=N–C) groups is 1. The highest BCUT2D eigenvalue weighted by atomic mass is 15.3. The van der Waals surface area contributed by atoms with Crippen LogP contribution in [0, 0.1) is 0 Å². The van der Waals surface area contributed by atoms with Crippen LogP contribution in [0.1, 0.15) is 39.0 Å². The fourth-order valence-corrected chi connectivity index (χ4v) is 2.03. The van der Waals surface area contributed by atoms with Crippen molar-refractivity contribution in [2.24, 2.45) is 10.7 Å². The van der Waals surface area contributed by atoms with Gasteiger partial charge in [-0.25, -0.2) is 4.99 Å². The highest BCUT2D eigenvalue weighted by molar-refractivity contribution is 5.79. The number of rotatable bonds is 2. The predicted octanol–water partition coefficient (Wildman–Crippen LogP) is 1.34. The van der Waals surface area contributed by atoms with Crippen molar-refractivity contribution in [1.29, 1.82) is 0 Å². The molecule has 1 aliphatic heterocycles. The van der Waals surface area contributed by atoms with Gasteiger partial charge in [-0.2, -0.15) is 0 Å². The van der Waals surface area contributed by atoms with Crippen LogP contribution in [0.25, 0.3) is 0 Å². The number of hydrogen-bond acceptors (Lipinski definition) is 1. The van der Waals surface area contributed by atoms with Gasteiger partial charge in [0.15, 0.2) is 5.96 Å². The Morgan fingerprint density at radius 2 is 2.23 bits per heavy atom. The van der Waals surface area contributed by atoms with Gasteiger partial charge in [-0.05, 0) is 32.1 Å². The second kappa shape index (κ2) is 3.56. The van der Waals surface area contributed by atoms with Crippen LogP contribution < -0.4 is 5.73 Å². The minimum Gasteiger partial charge on any atom is -0.370 e. The lowest BCUT2D eigenvalue weighted by molar-refractivity contribution is 0.374. The molecule has 2 aliphatic rings. The highest BCUT2D eigenvalue weighted by Crippen LogP contribution is 2.25. The minimum atomic E-state index is 0.554. The first-order chi connectivity index (χ1) is 6.31.